The molecular weight excluding hydrogens is 242 g/mol. The molecule has 1 aliphatic carbocycles. The molecule has 0 spiro atoms. The van der Waals surface area contributed by atoms with Crippen molar-refractivity contribution >= 4 is 5.69 Å². The number of hydrogen-bond donors (Lipinski definition) is 1. The first kappa shape index (κ1) is 12.0. The molecule has 4 rings (SSSR count). The molecule has 0 aromatic heterocycles. The van der Waals surface area contributed by atoms with Crippen LogP contribution in [0.1, 0.15) is 54.2 Å². The number of nitrogens with one attached hydrogen (secondary N) is 1. The fraction of sp³-hybridized carbons (Fsp3) is 0.368. The first-order valence-corrected chi connectivity index (χ1v) is 7.84. The minimum Gasteiger partial charge on any atom is -0.385 e. The van der Waals surface area contributed by atoms with Crippen LogP contribution < -0.4 is 5.32 Å². The van der Waals surface area contributed by atoms with Crippen molar-refractivity contribution in [2.75, 3.05) is 11.9 Å². The van der Waals surface area contributed by atoms with Crippen LogP contribution in [0.3, 0.4) is 0 Å². The zero-order valence-corrected chi connectivity index (χ0v) is 11.8. The van der Waals surface area contributed by atoms with Gasteiger partial charge in [-0.2, -0.15) is 0 Å². The molecule has 2 aromatic rings. The molecule has 1 heterocycles. The Kier molecular flexibility index (Phi) is 2.99. The predicted octanol–water partition coefficient (Wildman–Crippen LogP) is 4.90. The van der Waals surface area contributed by atoms with Gasteiger partial charge in [-0.3, -0.25) is 0 Å². The Balaban J connectivity index is 1.64. The molecule has 102 valence electrons. The van der Waals surface area contributed by atoms with E-state index in [9.17, 15) is 0 Å². The number of benzene rings is 2. The molecule has 2 aliphatic rings. The summed E-state index contributed by atoms with van der Waals surface area (Å²) >= 11 is 0. The maximum Gasteiger partial charge on any atom is 0.0379 e. The second-order valence-electron chi connectivity index (χ2n) is 6.15. The quantitative estimate of drug-likeness (QED) is 0.812. The van der Waals surface area contributed by atoms with E-state index in [1.807, 2.05) is 0 Å². The highest BCUT2D eigenvalue weighted by Crippen LogP contribution is 2.39. The molecule has 20 heavy (non-hydrogen) atoms. The molecular formula is C19H21N. The van der Waals surface area contributed by atoms with Crippen LogP contribution in [0.15, 0.2) is 48.5 Å². The lowest BCUT2D eigenvalue weighted by molar-refractivity contribution is 0.419. The van der Waals surface area contributed by atoms with E-state index in [4.69, 9.17) is 0 Å². The Morgan fingerprint density at radius 1 is 0.800 bits per heavy atom. The van der Waals surface area contributed by atoms with Gasteiger partial charge in [-0.15, -0.1) is 0 Å². The van der Waals surface area contributed by atoms with Crippen LogP contribution in [-0.4, -0.2) is 6.54 Å². The van der Waals surface area contributed by atoms with E-state index < -0.39 is 0 Å². The van der Waals surface area contributed by atoms with E-state index in [0.29, 0.717) is 5.92 Å². The summed E-state index contributed by atoms with van der Waals surface area (Å²) in [7, 11) is 0. The Morgan fingerprint density at radius 2 is 1.55 bits per heavy atom. The lowest BCUT2D eigenvalue weighted by Crippen LogP contribution is -2.17. The lowest BCUT2D eigenvalue weighted by atomic mass is 9.78. The second-order valence-corrected chi connectivity index (χ2v) is 6.15. The number of fused-ring (bicyclic) bond motifs is 1. The lowest BCUT2D eigenvalue weighted by Gasteiger charge is -2.29. The van der Waals surface area contributed by atoms with Gasteiger partial charge in [0.1, 0.15) is 0 Å². The van der Waals surface area contributed by atoms with Crippen LogP contribution in [-0.2, 0) is 0 Å². The fourth-order valence-electron chi connectivity index (χ4n) is 3.56. The van der Waals surface area contributed by atoms with E-state index in [1.54, 1.807) is 5.56 Å². The summed E-state index contributed by atoms with van der Waals surface area (Å²) in [6.07, 6.45) is 5.37. The van der Waals surface area contributed by atoms with Gasteiger partial charge in [0.25, 0.3) is 0 Å². The highest BCUT2D eigenvalue weighted by Gasteiger charge is 2.22. The molecule has 1 atom stereocenters. The molecule has 1 fully saturated rings. The van der Waals surface area contributed by atoms with Crippen LogP contribution in [0.5, 0.6) is 0 Å². The van der Waals surface area contributed by atoms with Gasteiger partial charge in [-0.1, -0.05) is 48.9 Å². The Labute approximate surface area is 121 Å². The van der Waals surface area contributed by atoms with E-state index in [2.05, 4.69) is 53.8 Å². The van der Waals surface area contributed by atoms with Crippen molar-refractivity contribution in [3.8, 4) is 0 Å². The SMILES string of the molecule is c1ccc2c(c1)NCCC2c1ccc(C2CCC2)cc1. The average Bonchev–Trinajstić information content (AvgIpc) is 2.46. The van der Waals surface area contributed by atoms with Gasteiger partial charge in [-0.25, -0.2) is 0 Å². The van der Waals surface area contributed by atoms with Gasteiger partial charge in [-0.05, 0) is 47.9 Å². The van der Waals surface area contributed by atoms with Crippen LogP contribution in [0.2, 0.25) is 0 Å². The first-order chi connectivity index (χ1) is 9.92. The molecule has 1 nitrogen and oxygen atoms in total. The molecule has 0 radical (unpaired) electrons. The molecule has 0 saturated heterocycles. The Bertz CT molecular complexity index is 595. The van der Waals surface area contributed by atoms with E-state index in [-0.39, 0.29) is 0 Å². The van der Waals surface area contributed by atoms with Crippen molar-refractivity contribution in [2.24, 2.45) is 0 Å². The third-order valence-electron chi connectivity index (χ3n) is 5.00. The molecule has 2 aromatic carbocycles. The molecule has 0 bridgehead atoms. The second kappa shape index (κ2) is 4.97. The molecule has 1 N–H and O–H groups in total. The summed E-state index contributed by atoms with van der Waals surface area (Å²) in [4.78, 5) is 0. The largest absolute Gasteiger partial charge is 0.385 e. The van der Waals surface area contributed by atoms with Gasteiger partial charge >= 0.3 is 0 Å². The highest BCUT2D eigenvalue weighted by atomic mass is 14.9. The monoisotopic (exact) mass is 263 g/mol. The topological polar surface area (TPSA) is 12.0 Å². The Hall–Kier alpha value is -1.76. The van der Waals surface area contributed by atoms with Gasteiger partial charge in [0.2, 0.25) is 0 Å². The van der Waals surface area contributed by atoms with Crippen molar-refractivity contribution in [2.45, 2.75) is 37.5 Å². The van der Waals surface area contributed by atoms with Crippen LogP contribution in [0.4, 0.5) is 5.69 Å². The number of hydrogen-bond acceptors (Lipinski definition) is 1. The van der Waals surface area contributed by atoms with Crippen molar-refractivity contribution < 1.29 is 0 Å². The van der Waals surface area contributed by atoms with Crippen LogP contribution in [0.25, 0.3) is 0 Å². The van der Waals surface area contributed by atoms with Crippen molar-refractivity contribution in [1.29, 1.82) is 0 Å². The number of anilines is 1. The average molecular weight is 263 g/mol. The summed E-state index contributed by atoms with van der Waals surface area (Å²) < 4.78 is 0. The minimum atomic E-state index is 0.558. The van der Waals surface area contributed by atoms with E-state index >= 15 is 0 Å². The van der Waals surface area contributed by atoms with E-state index in [0.717, 1.165) is 12.5 Å². The molecule has 1 heteroatoms. The minimum absolute atomic E-state index is 0.558. The van der Waals surface area contributed by atoms with Gasteiger partial charge < -0.3 is 5.32 Å². The van der Waals surface area contributed by atoms with Gasteiger partial charge in [0.05, 0.1) is 0 Å². The van der Waals surface area contributed by atoms with Crippen molar-refractivity contribution in [1.82, 2.24) is 0 Å². The van der Waals surface area contributed by atoms with Crippen LogP contribution in [0, 0.1) is 0 Å². The maximum atomic E-state index is 3.51. The molecule has 1 unspecified atom stereocenters. The third-order valence-corrected chi connectivity index (χ3v) is 5.00. The summed E-state index contributed by atoms with van der Waals surface area (Å²) in [5.74, 6) is 1.40. The highest BCUT2D eigenvalue weighted by molar-refractivity contribution is 5.57. The van der Waals surface area contributed by atoms with Gasteiger partial charge in [0.15, 0.2) is 0 Å². The van der Waals surface area contributed by atoms with Gasteiger partial charge in [0, 0.05) is 18.2 Å². The normalized spacial score (nSPS) is 21.7. The summed E-state index contributed by atoms with van der Waals surface area (Å²) in [6, 6.07) is 18.2. The predicted molar refractivity (Wildman–Crippen MR) is 84.4 cm³/mol. The van der Waals surface area contributed by atoms with E-state index in [1.165, 1.54) is 42.5 Å². The van der Waals surface area contributed by atoms with Crippen molar-refractivity contribution in [3.63, 3.8) is 0 Å². The molecule has 0 amide bonds. The van der Waals surface area contributed by atoms with Crippen molar-refractivity contribution in [3.05, 3.63) is 65.2 Å². The third kappa shape index (κ3) is 2.02. The molecule has 1 aliphatic heterocycles. The smallest absolute Gasteiger partial charge is 0.0379 e. The molecule has 1 saturated carbocycles. The summed E-state index contributed by atoms with van der Waals surface area (Å²) in [5, 5.41) is 3.51. The first-order valence-electron chi connectivity index (χ1n) is 7.84. The number of rotatable bonds is 2. The number of para-hydroxylation sites is 1. The summed E-state index contributed by atoms with van der Waals surface area (Å²) in [5.41, 5.74) is 5.78. The maximum absolute atomic E-state index is 3.51. The standard InChI is InChI=1S/C19H21N/c1-2-7-19-18(6-1)17(12-13-20-19)16-10-8-15(9-11-16)14-4-3-5-14/h1-2,6-11,14,17,20H,3-5,12-13H2. The zero-order chi connectivity index (χ0) is 13.4. The zero-order valence-electron chi connectivity index (χ0n) is 11.8. The van der Waals surface area contributed by atoms with Crippen LogP contribution >= 0.6 is 0 Å². The fourth-order valence-corrected chi connectivity index (χ4v) is 3.56. The summed E-state index contributed by atoms with van der Waals surface area (Å²) in [6.45, 7) is 1.08. The Morgan fingerprint density at radius 3 is 2.30 bits per heavy atom.